The molecule has 2 atom stereocenters. The summed E-state index contributed by atoms with van der Waals surface area (Å²) in [6.45, 7) is 3.26. The fraction of sp³-hybridized carbons (Fsp3) is 0.412. The highest BCUT2D eigenvalue weighted by atomic mass is 14.9. The van der Waals surface area contributed by atoms with Crippen LogP contribution >= 0.6 is 0 Å². The predicted octanol–water partition coefficient (Wildman–Crippen LogP) is 3.59. The number of rotatable bonds is 1. The van der Waals surface area contributed by atoms with Crippen LogP contribution in [0, 0.1) is 0 Å². The summed E-state index contributed by atoms with van der Waals surface area (Å²) in [6.07, 6.45) is 8.14. The van der Waals surface area contributed by atoms with E-state index in [0.717, 1.165) is 0 Å². The van der Waals surface area contributed by atoms with Crippen LogP contribution in [0.15, 0.2) is 24.3 Å². The van der Waals surface area contributed by atoms with Gasteiger partial charge in [-0.05, 0) is 56.0 Å². The maximum Gasteiger partial charge on any atom is 0.0464 e. The zero-order chi connectivity index (χ0) is 12.8. The van der Waals surface area contributed by atoms with E-state index in [2.05, 4.69) is 47.6 Å². The number of allylic oxidation sites excluding steroid dienone is 1. The van der Waals surface area contributed by atoms with E-state index in [0.29, 0.717) is 12.0 Å². The molecule has 0 saturated carbocycles. The Hall–Kier alpha value is -1.54. The first-order valence-corrected chi connectivity index (χ1v) is 7.38. The summed E-state index contributed by atoms with van der Waals surface area (Å²) in [6, 6.07) is 7.38. The smallest absolute Gasteiger partial charge is 0.0464 e. The van der Waals surface area contributed by atoms with Crippen molar-refractivity contribution >= 4 is 17.0 Å². The van der Waals surface area contributed by atoms with E-state index in [1.807, 2.05) is 0 Å². The van der Waals surface area contributed by atoms with Gasteiger partial charge in [-0.3, -0.25) is 0 Å². The number of benzene rings is 1. The molecule has 1 saturated heterocycles. The van der Waals surface area contributed by atoms with Crippen LogP contribution in [-0.4, -0.2) is 17.6 Å². The normalized spacial score (nSPS) is 25.9. The van der Waals surface area contributed by atoms with Crippen molar-refractivity contribution < 1.29 is 0 Å². The highest BCUT2D eigenvalue weighted by Gasteiger charge is 2.33. The van der Waals surface area contributed by atoms with Crippen LogP contribution in [0.2, 0.25) is 0 Å². The van der Waals surface area contributed by atoms with E-state index in [4.69, 9.17) is 0 Å². The lowest BCUT2D eigenvalue weighted by Crippen LogP contribution is -2.43. The Morgan fingerprint density at radius 3 is 3.16 bits per heavy atom. The summed E-state index contributed by atoms with van der Waals surface area (Å²) < 4.78 is 0. The van der Waals surface area contributed by atoms with Crippen molar-refractivity contribution in [1.82, 2.24) is 10.3 Å². The Balaban J connectivity index is 1.98. The minimum atomic E-state index is 0.631. The van der Waals surface area contributed by atoms with Crippen LogP contribution in [-0.2, 0) is 6.42 Å². The molecule has 1 fully saturated rings. The van der Waals surface area contributed by atoms with Crippen LogP contribution in [0.5, 0.6) is 0 Å². The molecule has 1 aromatic carbocycles. The van der Waals surface area contributed by atoms with Gasteiger partial charge in [0.1, 0.15) is 0 Å². The molecule has 2 heteroatoms. The molecule has 2 aromatic rings. The summed E-state index contributed by atoms with van der Waals surface area (Å²) in [4.78, 5) is 3.59. The van der Waals surface area contributed by atoms with Crippen molar-refractivity contribution in [2.45, 2.75) is 38.1 Å². The van der Waals surface area contributed by atoms with Crippen LogP contribution in [0.1, 0.15) is 42.5 Å². The van der Waals surface area contributed by atoms with E-state index in [1.165, 1.54) is 48.0 Å². The van der Waals surface area contributed by atoms with E-state index >= 15 is 0 Å². The van der Waals surface area contributed by atoms with Gasteiger partial charge in [0, 0.05) is 28.6 Å². The van der Waals surface area contributed by atoms with Crippen molar-refractivity contribution in [1.29, 1.82) is 0 Å². The number of H-pyrrole nitrogens is 1. The molecule has 4 rings (SSSR count). The van der Waals surface area contributed by atoms with Crippen molar-refractivity contribution in [2.24, 2.45) is 0 Å². The van der Waals surface area contributed by atoms with E-state index < -0.39 is 0 Å². The van der Waals surface area contributed by atoms with Crippen molar-refractivity contribution in [3.63, 3.8) is 0 Å². The third-order valence-electron chi connectivity index (χ3n) is 4.73. The van der Waals surface area contributed by atoms with E-state index in [-0.39, 0.29) is 0 Å². The van der Waals surface area contributed by atoms with Gasteiger partial charge >= 0.3 is 0 Å². The lowest BCUT2D eigenvalue weighted by atomic mass is 9.75. The number of piperidine rings is 1. The predicted molar refractivity (Wildman–Crippen MR) is 80.5 cm³/mol. The number of fused-ring (bicyclic) bond motifs is 2. The molecule has 2 N–H and O–H groups in total. The molecule has 98 valence electrons. The third-order valence-corrected chi connectivity index (χ3v) is 4.73. The Morgan fingerprint density at radius 2 is 2.26 bits per heavy atom. The second kappa shape index (κ2) is 4.24. The van der Waals surface area contributed by atoms with Gasteiger partial charge in [0.15, 0.2) is 0 Å². The minimum Gasteiger partial charge on any atom is -0.355 e. The summed E-state index contributed by atoms with van der Waals surface area (Å²) in [5.41, 5.74) is 5.68. The molecule has 2 nitrogen and oxygen atoms in total. The largest absolute Gasteiger partial charge is 0.355 e. The molecule has 1 aliphatic carbocycles. The molecule has 0 amide bonds. The first kappa shape index (κ1) is 11.3. The zero-order valence-corrected chi connectivity index (χ0v) is 11.4. The molecule has 0 unspecified atom stereocenters. The molecule has 19 heavy (non-hydrogen) atoms. The molecular weight excluding hydrogens is 232 g/mol. The van der Waals surface area contributed by atoms with Gasteiger partial charge in [-0.2, -0.15) is 0 Å². The Kier molecular flexibility index (Phi) is 2.52. The maximum absolute atomic E-state index is 3.73. The Morgan fingerprint density at radius 1 is 1.32 bits per heavy atom. The topological polar surface area (TPSA) is 27.8 Å². The number of hydrogen-bond acceptors (Lipinski definition) is 1. The van der Waals surface area contributed by atoms with Crippen LogP contribution < -0.4 is 5.32 Å². The lowest BCUT2D eigenvalue weighted by molar-refractivity contribution is 0.345. The zero-order valence-electron chi connectivity index (χ0n) is 11.4. The van der Waals surface area contributed by atoms with Crippen molar-refractivity contribution in [3.8, 4) is 0 Å². The van der Waals surface area contributed by atoms with Crippen LogP contribution in [0.3, 0.4) is 0 Å². The third kappa shape index (κ3) is 1.59. The number of nitrogens with one attached hydrogen (secondary N) is 2. The molecular formula is C17H20N2. The van der Waals surface area contributed by atoms with Crippen LogP contribution in [0.25, 0.3) is 17.0 Å². The van der Waals surface area contributed by atoms with Crippen LogP contribution in [0.4, 0.5) is 0 Å². The summed E-state index contributed by atoms with van der Waals surface area (Å²) in [5.74, 6) is 0.708. The fourth-order valence-electron chi connectivity index (χ4n) is 3.96. The Bertz CT molecular complexity index is 651. The summed E-state index contributed by atoms with van der Waals surface area (Å²) in [7, 11) is 0. The van der Waals surface area contributed by atoms with E-state index in [9.17, 15) is 0 Å². The fourth-order valence-corrected chi connectivity index (χ4v) is 3.96. The Labute approximate surface area is 113 Å². The molecule has 0 radical (unpaired) electrons. The summed E-state index contributed by atoms with van der Waals surface area (Å²) in [5, 5.41) is 5.23. The van der Waals surface area contributed by atoms with E-state index in [1.54, 1.807) is 5.56 Å². The first-order chi connectivity index (χ1) is 9.38. The monoisotopic (exact) mass is 252 g/mol. The highest BCUT2D eigenvalue weighted by molar-refractivity contribution is 5.91. The molecule has 1 aliphatic heterocycles. The second-order valence-corrected chi connectivity index (χ2v) is 5.80. The van der Waals surface area contributed by atoms with Crippen molar-refractivity contribution in [3.05, 3.63) is 41.1 Å². The maximum atomic E-state index is 3.73. The van der Waals surface area contributed by atoms with Gasteiger partial charge in [0.2, 0.25) is 0 Å². The number of aromatic amines is 1. The molecule has 2 heterocycles. The summed E-state index contributed by atoms with van der Waals surface area (Å²) >= 11 is 0. The van der Waals surface area contributed by atoms with Gasteiger partial charge in [-0.25, -0.2) is 0 Å². The standard InChI is InChI=1S/C17H20N2/c1-2-5-14-13-10-16-11(7-4-9-18-16)12-6-3-8-15(19-14)17(12)13/h2-3,5-6,8,11,16,18-19H,4,7,9-10H2,1H3/t11-,16-/m1/s1. The van der Waals surface area contributed by atoms with Gasteiger partial charge in [-0.15, -0.1) is 0 Å². The second-order valence-electron chi connectivity index (χ2n) is 5.80. The van der Waals surface area contributed by atoms with Crippen molar-refractivity contribution in [2.75, 3.05) is 6.54 Å². The van der Waals surface area contributed by atoms with Gasteiger partial charge < -0.3 is 10.3 Å². The van der Waals surface area contributed by atoms with Gasteiger partial charge in [-0.1, -0.05) is 18.2 Å². The number of aromatic nitrogens is 1. The molecule has 2 aliphatic rings. The number of hydrogen-bond donors (Lipinski definition) is 2. The average molecular weight is 252 g/mol. The minimum absolute atomic E-state index is 0.631. The first-order valence-electron chi connectivity index (χ1n) is 7.38. The quantitative estimate of drug-likeness (QED) is 0.797. The average Bonchev–Trinajstić information content (AvgIpc) is 2.79. The molecule has 1 aromatic heterocycles. The highest BCUT2D eigenvalue weighted by Crippen LogP contribution is 2.42. The molecule has 0 spiro atoms. The lowest BCUT2D eigenvalue weighted by Gasteiger charge is -2.36. The molecule has 0 bridgehead atoms. The van der Waals surface area contributed by atoms with Gasteiger partial charge in [0.25, 0.3) is 0 Å². The van der Waals surface area contributed by atoms with Gasteiger partial charge in [0.05, 0.1) is 0 Å². The SMILES string of the molecule is CC=Cc1[nH]c2cccc3c2c1C[C@H]1NCCC[C@H]31.